The van der Waals surface area contributed by atoms with Gasteiger partial charge in [-0.2, -0.15) is 0 Å². The summed E-state index contributed by atoms with van der Waals surface area (Å²) in [5, 5.41) is 0. The van der Waals surface area contributed by atoms with E-state index >= 15 is 0 Å². The number of unbranched alkanes of at least 4 members (excludes halogenated alkanes) is 1. The van der Waals surface area contributed by atoms with E-state index in [-0.39, 0.29) is 0 Å². The average molecular weight is 234 g/mol. The zero-order valence-corrected chi connectivity index (χ0v) is 10.8. The van der Waals surface area contributed by atoms with Gasteiger partial charge in [0.2, 0.25) is 0 Å². The van der Waals surface area contributed by atoms with E-state index in [4.69, 9.17) is 5.73 Å². The van der Waals surface area contributed by atoms with E-state index in [2.05, 4.69) is 28.7 Å². The van der Waals surface area contributed by atoms with Crippen LogP contribution in [0.1, 0.15) is 51.3 Å². The van der Waals surface area contributed by atoms with Gasteiger partial charge in [-0.15, -0.1) is 0 Å². The predicted octanol–water partition coefficient (Wildman–Crippen LogP) is 2.56. The lowest BCUT2D eigenvalue weighted by molar-refractivity contribution is 0.719. The van der Waals surface area contributed by atoms with Crippen molar-refractivity contribution in [2.75, 3.05) is 23.7 Å². The minimum absolute atomic E-state index is 0.558. The molecule has 0 saturated heterocycles. The van der Waals surface area contributed by atoms with Gasteiger partial charge in [0.05, 0.1) is 0 Å². The Morgan fingerprint density at radius 2 is 2.12 bits per heavy atom. The number of nitrogens with two attached hydrogens (primary N) is 1. The molecule has 4 heteroatoms. The van der Waals surface area contributed by atoms with Gasteiger partial charge in [0, 0.05) is 25.1 Å². The molecule has 17 heavy (non-hydrogen) atoms. The molecule has 1 aromatic heterocycles. The summed E-state index contributed by atoms with van der Waals surface area (Å²) in [4.78, 5) is 11.3. The maximum atomic E-state index is 5.87. The van der Waals surface area contributed by atoms with Crippen LogP contribution >= 0.6 is 0 Å². The summed E-state index contributed by atoms with van der Waals surface area (Å²) in [7, 11) is 0. The predicted molar refractivity (Wildman–Crippen MR) is 71.2 cm³/mol. The molecule has 0 aliphatic heterocycles. The molecule has 0 spiro atoms. The molecular weight excluding hydrogens is 212 g/mol. The Kier molecular flexibility index (Phi) is 3.82. The molecule has 1 aliphatic carbocycles. The third-order valence-electron chi connectivity index (χ3n) is 3.18. The second kappa shape index (κ2) is 5.34. The van der Waals surface area contributed by atoms with Crippen LogP contribution in [-0.4, -0.2) is 23.1 Å². The lowest BCUT2D eigenvalue weighted by Crippen LogP contribution is -2.25. The van der Waals surface area contributed by atoms with E-state index < -0.39 is 0 Å². The van der Waals surface area contributed by atoms with Crippen molar-refractivity contribution in [3.8, 4) is 0 Å². The standard InChI is InChI=1S/C13H22N4/c1-3-5-8-17(4-2)12-9-11(14)15-13(16-12)10-6-7-10/h9-10H,3-8H2,1-2H3,(H2,14,15,16). The van der Waals surface area contributed by atoms with Crippen LogP contribution < -0.4 is 10.6 Å². The maximum absolute atomic E-state index is 5.87. The van der Waals surface area contributed by atoms with Gasteiger partial charge in [-0.1, -0.05) is 13.3 Å². The Balaban J connectivity index is 2.16. The highest BCUT2D eigenvalue weighted by Crippen LogP contribution is 2.38. The summed E-state index contributed by atoms with van der Waals surface area (Å²) in [5.74, 6) is 3.10. The van der Waals surface area contributed by atoms with Crippen molar-refractivity contribution >= 4 is 11.6 Å². The summed E-state index contributed by atoms with van der Waals surface area (Å²) in [6.07, 6.45) is 4.82. The summed E-state index contributed by atoms with van der Waals surface area (Å²) < 4.78 is 0. The van der Waals surface area contributed by atoms with Crippen molar-refractivity contribution in [3.63, 3.8) is 0 Å². The molecule has 4 nitrogen and oxygen atoms in total. The molecule has 1 fully saturated rings. The van der Waals surface area contributed by atoms with Gasteiger partial charge in [0.25, 0.3) is 0 Å². The number of rotatable bonds is 6. The average Bonchev–Trinajstić information content (AvgIpc) is 3.13. The zero-order valence-electron chi connectivity index (χ0n) is 10.8. The normalized spacial score (nSPS) is 14.9. The number of nitrogens with zero attached hydrogens (tertiary/aromatic N) is 3. The van der Waals surface area contributed by atoms with Gasteiger partial charge < -0.3 is 10.6 Å². The van der Waals surface area contributed by atoms with E-state index in [1.54, 1.807) is 0 Å². The molecule has 0 unspecified atom stereocenters. The molecule has 1 aromatic rings. The first-order chi connectivity index (χ1) is 8.24. The number of hydrogen-bond donors (Lipinski definition) is 1. The Hall–Kier alpha value is -1.32. The monoisotopic (exact) mass is 234 g/mol. The fraction of sp³-hybridized carbons (Fsp3) is 0.692. The smallest absolute Gasteiger partial charge is 0.136 e. The van der Waals surface area contributed by atoms with Crippen LogP contribution in [-0.2, 0) is 0 Å². The molecule has 94 valence electrons. The van der Waals surface area contributed by atoms with Crippen molar-refractivity contribution in [1.82, 2.24) is 9.97 Å². The lowest BCUT2D eigenvalue weighted by atomic mass is 10.3. The maximum Gasteiger partial charge on any atom is 0.136 e. The molecule has 2 rings (SSSR count). The molecule has 2 N–H and O–H groups in total. The lowest BCUT2D eigenvalue weighted by Gasteiger charge is -2.22. The van der Waals surface area contributed by atoms with Crippen LogP contribution in [0, 0.1) is 0 Å². The molecule has 0 radical (unpaired) electrons. The molecule has 0 amide bonds. The van der Waals surface area contributed by atoms with Crippen LogP contribution in [0.15, 0.2) is 6.07 Å². The Morgan fingerprint density at radius 3 is 2.71 bits per heavy atom. The molecule has 1 saturated carbocycles. The van der Waals surface area contributed by atoms with Crippen LogP contribution in [0.3, 0.4) is 0 Å². The van der Waals surface area contributed by atoms with E-state index in [1.165, 1.54) is 25.7 Å². The summed E-state index contributed by atoms with van der Waals surface area (Å²) in [6.45, 7) is 6.39. The van der Waals surface area contributed by atoms with Crippen molar-refractivity contribution in [2.24, 2.45) is 0 Å². The molecule has 0 atom stereocenters. The van der Waals surface area contributed by atoms with Crippen molar-refractivity contribution in [1.29, 1.82) is 0 Å². The quantitative estimate of drug-likeness (QED) is 0.822. The Labute approximate surface area is 103 Å². The first-order valence-corrected chi connectivity index (χ1v) is 6.64. The number of anilines is 2. The fourth-order valence-corrected chi connectivity index (χ4v) is 1.94. The van der Waals surface area contributed by atoms with Gasteiger partial charge >= 0.3 is 0 Å². The topological polar surface area (TPSA) is 55.0 Å². The summed E-state index contributed by atoms with van der Waals surface area (Å²) in [6, 6.07) is 1.89. The van der Waals surface area contributed by atoms with Crippen molar-refractivity contribution in [3.05, 3.63) is 11.9 Å². The second-order valence-corrected chi connectivity index (χ2v) is 4.72. The van der Waals surface area contributed by atoms with Gasteiger partial charge in [-0.3, -0.25) is 0 Å². The van der Waals surface area contributed by atoms with Gasteiger partial charge in [-0.05, 0) is 26.2 Å². The minimum Gasteiger partial charge on any atom is -0.384 e. The van der Waals surface area contributed by atoms with Crippen molar-refractivity contribution in [2.45, 2.75) is 45.4 Å². The van der Waals surface area contributed by atoms with Crippen LogP contribution in [0.25, 0.3) is 0 Å². The third-order valence-corrected chi connectivity index (χ3v) is 3.18. The van der Waals surface area contributed by atoms with E-state index in [0.29, 0.717) is 11.7 Å². The molecular formula is C13H22N4. The number of hydrogen-bond acceptors (Lipinski definition) is 4. The SMILES string of the molecule is CCCCN(CC)c1cc(N)nc(C2CC2)n1. The zero-order chi connectivity index (χ0) is 12.3. The number of aromatic nitrogens is 2. The first-order valence-electron chi connectivity index (χ1n) is 6.64. The Morgan fingerprint density at radius 1 is 1.35 bits per heavy atom. The Bertz CT molecular complexity index is 374. The van der Waals surface area contributed by atoms with Gasteiger partial charge in [-0.25, -0.2) is 9.97 Å². The largest absolute Gasteiger partial charge is 0.384 e. The van der Waals surface area contributed by atoms with Crippen molar-refractivity contribution < 1.29 is 0 Å². The van der Waals surface area contributed by atoms with E-state index in [9.17, 15) is 0 Å². The van der Waals surface area contributed by atoms with Crippen LogP contribution in [0.4, 0.5) is 11.6 Å². The highest BCUT2D eigenvalue weighted by atomic mass is 15.2. The first kappa shape index (κ1) is 12.1. The third kappa shape index (κ3) is 3.08. The van der Waals surface area contributed by atoms with Gasteiger partial charge in [0.1, 0.15) is 17.5 Å². The fourth-order valence-electron chi connectivity index (χ4n) is 1.94. The summed E-state index contributed by atoms with van der Waals surface area (Å²) >= 11 is 0. The molecule has 0 aromatic carbocycles. The van der Waals surface area contributed by atoms with Crippen LogP contribution in [0.5, 0.6) is 0 Å². The highest BCUT2D eigenvalue weighted by Gasteiger charge is 2.27. The number of nitrogen functional groups attached to an aromatic ring is 1. The minimum atomic E-state index is 0.558. The van der Waals surface area contributed by atoms with Crippen LogP contribution in [0.2, 0.25) is 0 Å². The molecule has 0 bridgehead atoms. The second-order valence-electron chi connectivity index (χ2n) is 4.72. The summed E-state index contributed by atoms with van der Waals surface area (Å²) in [5.41, 5.74) is 5.87. The van der Waals surface area contributed by atoms with E-state index in [0.717, 1.165) is 24.7 Å². The van der Waals surface area contributed by atoms with E-state index in [1.807, 2.05) is 6.07 Å². The van der Waals surface area contributed by atoms with Gasteiger partial charge in [0.15, 0.2) is 0 Å². The highest BCUT2D eigenvalue weighted by molar-refractivity contribution is 5.47. The molecule has 1 aliphatic rings. The molecule has 1 heterocycles.